The summed E-state index contributed by atoms with van der Waals surface area (Å²) in [6, 6.07) is 2.04. The second-order valence-corrected chi connectivity index (χ2v) is 10.2. The van der Waals surface area contributed by atoms with Crippen molar-refractivity contribution in [3.05, 3.63) is 28.4 Å². The fraction of sp³-hybridized carbons (Fsp3) is 0.632. The Bertz CT molecular complexity index is 1010. The molecule has 8 nitrogen and oxygen atoms in total. The fourth-order valence-corrected chi connectivity index (χ4v) is 6.43. The molecule has 0 aromatic carbocycles. The standard InChI is InChI=1S/C19H27ClN6O2S/c1-13-12-16(25-8-4-5-9-25)22-19(21-13)15-6-10-26(11-7-15)29(27,28)17-14(2)23-24(3)18(17)20/h12,15H,4-11H2,1-3H3. The van der Waals surface area contributed by atoms with Gasteiger partial charge in [-0.15, -0.1) is 0 Å². The fourth-order valence-electron chi connectivity index (χ4n) is 4.25. The van der Waals surface area contributed by atoms with Crippen LogP contribution in [0.4, 0.5) is 5.82 Å². The summed E-state index contributed by atoms with van der Waals surface area (Å²) in [5.41, 5.74) is 1.39. The van der Waals surface area contributed by atoms with E-state index >= 15 is 0 Å². The van der Waals surface area contributed by atoms with Crippen molar-refractivity contribution in [2.45, 2.75) is 50.3 Å². The predicted molar refractivity (Wildman–Crippen MR) is 112 cm³/mol. The number of nitrogens with zero attached hydrogens (tertiary/aromatic N) is 6. The van der Waals surface area contributed by atoms with E-state index in [1.165, 1.54) is 21.8 Å². The van der Waals surface area contributed by atoms with E-state index in [9.17, 15) is 8.42 Å². The Balaban J connectivity index is 1.51. The third-order valence-corrected chi connectivity index (χ3v) is 8.40. The van der Waals surface area contributed by atoms with Crippen LogP contribution >= 0.6 is 11.6 Å². The Hall–Kier alpha value is -1.71. The number of aromatic nitrogens is 4. The van der Waals surface area contributed by atoms with Gasteiger partial charge in [0.1, 0.15) is 21.7 Å². The Morgan fingerprint density at radius 1 is 1.07 bits per heavy atom. The van der Waals surface area contributed by atoms with Crippen LogP contribution in [0.2, 0.25) is 5.15 Å². The number of aryl methyl sites for hydroxylation is 3. The summed E-state index contributed by atoms with van der Waals surface area (Å²) in [5, 5.41) is 4.30. The van der Waals surface area contributed by atoms with Gasteiger partial charge in [0.2, 0.25) is 10.0 Å². The van der Waals surface area contributed by atoms with Gasteiger partial charge in [-0.1, -0.05) is 11.6 Å². The molecule has 0 aliphatic carbocycles. The van der Waals surface area contributed by atoms with Crippen molar-refractivity contribution in [1.29, 1.82) is 0 Å². The highest BCUT2D eigenvalue weighted by molar-refractivity contribution is 7.89. The van der Waals surface area contributed by atoms with Crippen molar-refractivity contribution in [2.75, 3.05) is 31.1 Å². The summed E-state index contributed by atoms with van der Waals surface area (Å²) in [4.78, 5) is 11.9. The highest BCUT2D eigenvalue weighted by atomic mass is 35.5. The normalized spacial score (nSPS) is 19.2. The molecule has 0 radical (unpaired) electrons. The van der Waals surface area contributed by atoms with Crippen LogP contribution in [0.1, 0.15) is 48.8 Å². The average Bonchev–Trinajstić information content (AvgIpc) is 3.30. The molecule has 0 unspecified atom stereocenters. The SMILES string of the molecule is Cc1cc(N2CCCC2)nc(C2CCN(S(=O)(=O)c3c(C)nn(C)c3Cl)CC2)n1. The molecule has 4 heterocycles. The number of anilines is 1. The number of piperidine rings is 1. The molecule has 0 amide bonds. The molecular weight excluding hydrogens is 412 g/mol. The molecule has 0 bridgehead atoms. The summed E-state index contributed by atoms with van der Waals surface area (Å²) in [5.74, 6) is 1.99. The highest BCUT2D eigenvalue weighted by Crippen LogP contribution is 2.33. The molecule has 0 saturated carbocycles. The van der Waals surface area contributed by atoms with Crippen molar-refractivity contribution < 1.29 is 8.42 Å². The molecule has 2 saturated heterocycles. The minimum atomic E-state index is -3.67. The van der Waals surface area contributed by atoms with Gasteiger partial charge in [0.05, 0.1) is 5.69 Å². The van der Waals surface area contributed by atoms with Gasteiger partial charge in [-0.2, -0.15) is 9.40 Å². The minimum absolute atomic E-state index is 0.114. The quantitative estimate of drug-likeness (QED) is 0.729. The molecule has 10 heteroatoms. The van der Waals surface area contributed by atoms with E-state index in [1.807, 2.05) is 13.0 Å². The Kier molecular flexibility index (Phi) is 5.56. The smallest absolute Gasteiger partial charge is 0.248 e. The molecule has 0 N–H and O–H groups in total. The zero-order valence-corrected chi connectivity index (χ0v) is 18.7. The van der Waals surface area contributed by atoms with Crippen LogP contribution in [0, 0.1) is 13.8 Å². The number of hydrogen-bond acceptors (Lipinski definition) is 6. The molecule has 2 aliphatic rings. The third-order valence-electron chi connectivity index (χ3n) is 5.81. The Morgan fingerprint density at radius 2 is 1.72 bits per heavy atom. The van der Waals surface area contributed by atoms with E-state index in [1.54, 1.807) is 14.0 Å². The van der Waals surface area contributed by atoms with Gasteiger partial charge in [0.25, 0.3) is 0 Å². The summed E-state index contributed by atoms with van der Waals surface area (Å²) in [6.45, 7) is 6.60. The lowest BCUT2D eigenvalue weighted by Crippen LogP contribution is -2.38. The van der Waals surface area contributed by atoms with Crippen LogP contribution in [0.15, 0.2) is 11.0 Å². The lowest BCUT2D eigenvalue weighted by Gasteiger charge is -2.31. The molecule has 4 rings (SSSR count). The monoisotopic (exact) mass is 438 g/mol. The highest BCUT2D eigenvalue weighted by Gasteiger charge is 2.35. The number of sulfonamides is 1. The van der Waals surface area contributed by atoms with Crippen LogP contribution in [-0.2, 0) is 17.1 Å². The van der Waals surface area contributed by atoms with Crippen molar-refractivity contribution in [3.8, 4) is 0 Å². The molecule has 2 aromatic heterocycles. The van der Waals surface area contributed by atoms with E-state index in [-0.39, 0.29) is 16.0 Å². The van der Waals surface area contributed by atoms with Gasteiger partial charge in [0.15, 0.2) is 0 Å². The van der Waals surface area contributed by atoms with Crippen molar-refractivity contribution in [1.82, 2.24) is 24.1 Å². The summed E-state index contributed by atoms with van der Waals surface area (Å²) >= 11 is 6.21. The van der Waals surface area contributed by atoms with E-state index in [2.05, 4.69) is 15.0 Å². The molecule has 2 aliphatic heterocycles. The summed E-state index contributed by atoms with van der Waals surface area (Å²) < 4.78 is 29.1. The Morgan fingerprint density at radius 3 is 2.31 bits per heavy atom. The lowest BCUT2D eigenvalue weighted by molar-refractivity contribution is 0.313. The van der Waals surface area contributed by atoms with E-state index < -0.39 is 10.0 Å². The van der Waals surface area contributed by atoms with Gasteiger partial charge in [0, 0.05) is 50.9 Å². The molecular formula is C19H27ClN6O2S. The van der Waals surface area contributed by atoms with Crippen LogP contribution in [-0.4, -0.2) is 58.7 Å². The second kappa shape index (κ2) is 7.85. The van der Waals surface area contributed by atoms with Gasteiger partial charge in [-0.25, -0.2) is 18.4 Å². The number of halogens is 1. The largest absolute Gasteiger partial charge is 0.357 e. The van der Waals surface area contributed by atoms with Gasteiger partial charge in [-0.05, 0) is 39.5 Å². The van der Waals surface area contributed by atoms with Crippen LogP contribution in [0.5, 0.6) is 0 Å². The second-order valence-electron chi connectivity index (χ2n) is 7.93. The van der Waals surface area contributed by atoms with Crippen LogP contribution in [0.3, 0.4) is 0 Å². The van der Waals surface area contributed by atoms with E-state index in [4.69, 9.17) is 16.6 Å². The molecule has 0 atom stereocenters. The number of rotatable bonds is 4. The average molecular weight is 439 g/mol. The van der Waals surface area contributed by atoms with Gasteiger partial charge < -0.3 is 4.90 Å². The first-order valence-electron chi connectivity index (χ1n) is 10.1. The molecule has 0 spiro atoms. The molecule has 2 aromatic rings. The third kappa shape index (κ3) is 3.87. The van der Waals surface area contributed by atoms with E-state index in [0.29, 0.717) is 31.6 Å². The van der Waals surface area contributed by atoms with Gasteiger partial charge >= 0.3 is 0 Å². The zero-order chi connectivity index (χ0) is 20.8. The maximum atomic E-state index is 13.1. The first kappa shape index (κ1) is 20.6. The molecule has 29 heavy (non-hydrogen) atoms. The van der Waals surface area contributed by atoms with Crippen molar-refractivity contribution >= 4 is 27.4 Å². The summed E-state index contributed by atoms with van der Waals surface area (Å²) in [7, 11) is -2.02. The predicted octanol–water partition coefficient (Wildman–Crippen LogP) is 2.65. The first-order valence-corrected chi connectivity index (χ1v) is 11.9. The van der Waals surface area contributed by atoms with Crippen molar-refractivity contribution in [3.63, 3.8) is 0 Å². The molecule has 2 fully saturated rings. The van der Waals surface area contributed by atoms with E-state index in [0.717, 1.165) is 30.4 Å². The lowest BCUT2D eigenvalue weighted by atomic mass is 9.97. The van der Waals surface area contributed by atoms with Gasteiger partial charge in [-0.3, -0.25) is 4.68 Å². The minimum Gasteiger partial charge on any atom is -0.357 e. The topological polar surface area (TPSA) is 84.2 Å². The number of hydrogen-bond donors (Lipinski definition) is 0. The maximum absolute atomic E-state index is 13.1. The summed E-state index contributed by atoms with van der Waals surface area (Å²) in [6.07, 6.45) is 3.79. The first-order chi connectivity index (χ1) is 13.8. The van der Waals surface area contributed by atoms with Crippen LogP contribution < -0.4 is 4.90 Å². The van der Waals surface area contributed by atoms with Crippen LogP contribution in [0.25, 0.3) is 0 Å². The molecule has 158 valence electrons. The van der Waals surface area contributed by atoms with Crippen molar-refractivity contribution in [2.24, 2.45) is 7.05 Å². The zero-order valence-electron chi connectivity index (χ0n) is 17.1. The maximum Gasteiger partial charge on any atom is 0.248 e. The Labute approximate surface area is 176 Å².